The quantitative estimate of drug-likeness (QED) is 0.289. The summed E-state index contributed by atoms with van der Waals surface area (Å²) in [6.45, 7) is 12.0. The summed E-state index contributed by atoms with van der Waals surface area (Å²) in [7, 11) is 1.66. The molecule has 0 aromatic carbocycles. The highest BCUT2D eigenvalue weighted by atomic mass is 127. The molecular weight excluding hydrogens is 435 g/mol. The number of hydrogen-bond donors (Lipinski definition) is 2. The Balaban J connectivity index is 0.00000576. The lowest BCUT2D eigenvalue weighted by molar-refractivity contribution is -0.0755. The molecule has 0 aromatic rings. The van der Waals surface area contributed by atoms with Crippen LogP contribution in [0.5, 0.6) is 0 Å². The Morgan fingerprint density at radius 2 is 2.00 bits per heavy atom. The van der Waals surface area contributed by atoms with E-state index in [2.05, 4.69) is 21.5 Å². The molecule has 1 aliphatic rings. The van der Waals surface area contributed by atoms with Crippen molar-refractivity contribution in [1.29, 1.82) is 0 Å². The standard InChI is InChI=1S/C17H30N4O3.HI/c1-9-10-19-14(18-8)20-11-13-12(2)23-17(6,7)21(13)15(22)24-16(3,4)5;/h1,12-13H,10-11H2,2-8H3,(H2,18,19,20);1H. The van der Waals surface area contributed by atoms with E-state index in [9.17, 15) is 4.79 Å². The van der Waals surface area contributed by atoms with Gasteiger partial charge in [-0.15, -0.1) is 30.4 Å². The van der Waals surface area contributed by atoms with E-state index >= 15 is 0 Å². The second-order valence-electron chi connectivity index (χ2n) is 7.20. The molecule has 25 heavy (non-hydrogen) atoms. The summed E-state index contributed by atoms with van der Waals surface area (Å²) >= 11 is 0. The number of halogens is 1. The molecule has 1 amide bonds. The summed E-state index contributed by atoms with van der Waals surface area (Å²) in [5, 5.41) is 6.16. The number of terminal acetylenes is 1. The van der Waals surface area contributed by atoms with Crippen LogP contribution >= 0.6 is 24.0 Å². The number of carbonyl (C=O) groups excluding carboxylic acids is 1. The normalized spacial score (nSPS) is 22.6. The topological polar surface area (TPSA) is 75.2 Å². The number of hydrogen-bond acceptors (Lipinski definition) is 4. The number of nitrogens with zero attached hydrogens (tertiary/aromatic N) is 2. The fourth-order valence-corrected chi connectivity index (χ4v) is 2.68. The van der Waals surface area contributed by atoms with Crippen LogP contribution in [0.2, 0.25) is 0 Å². The highest BCUT2D eigenvalue weighted by molar-refractivity contribution is 14.0. The summed E-state index contributed by atoms with van der Waals surface area (Å²) in [4.78, 5) is 18.4. The molecule has 2 N–H and O–H groups in total. The highest BCUT2D eigenvalue weighted by Gasteiger charge is 2.49. The number of ether oxygens (including phenoxy) is 2. The first-order valence-corrected chi connectivity index (χ1v) is 8.10. The largest absolute Gasteiger partial charge is 0.444 e. The Labute approximate surface area is 168 Å². The molecular formula is C17H31IN4O3. The Bertz CT molecular complexity index is 523. The van der Waals surface area contributed by atoms with Crippen molar-refractivity contribution in [2.45, 2.75) is 65.0 Å². The zero-order valence-electron chi connectivity index (χ0n) is 16.2. The van der Waals surface area contributed by atoms with Crippen molar-refractivity contribution in [1.82, 2.24) is 15.5 Å². The lowest BCUT2D eigenvalue weighted by Gasteiger charge is -2.35. The second-order valence-corrected chi connectivity index (χ2v) is 7.20. The highest BCUT2D eigenvalue weighted by Crippen LogP contribution is 2.33. The summed E-state index contributed by atoms with van der Waals surface area (Å²) in [6, 6.07) is -0.195. The van der Waals surface area contributed by atoms with E-state index in [1.54, 1.807) is 11.9 Å². The lowest BCUT2D eigenvalue weighted by Crippen LogP contribution is -2.54. The molecule has 0 aliphatic carbocycles. The van der Waals surface area contributed by atoms with Crippen LogP contribution in [-0.2, 0) is 9.47 Å². The number of aliphatic imine (C=N–C) groups is 1. The molecule has 2 atom stereocenters. The molecule has 1 rings (SSSR count). The summed E-state index contributed by atoms with van der Waals surface area (Å²) in [5.74, 6) is 3.07. The smallest absolute Gasteiger partial charge is 0.412 e. The van der Waals surface area contributed by atoms with Gasteiger partial charge in [0.25, 0.3) is 0 Å². The summed E-state index contributed by atoms with van der Waals surface area (Å²) in [6.07, 6.45) is 4.70. The van der Waals surface area contributed by atoms with Gasteiger partial charge in [-0.05, 0) is 41.5 Å². The van der Waals surface area contributed by atoms with Gasteiger partial charge in [0.1, 0.15) is 11.3 Å². The van der Waals surface area contributed by atoms with Crippen LogP contribution in [0, 0.1) is 12.3 Å². The van der Waals surface area contributed by atoms with Gasteiger partial charge in [0, 0.05) is 13.6 Å². The molecule has 144 valence electrons. The predicted octanol–water partition coefficient (Wildman–Crippen LogP) is 2.16. The van der Waals surface area contributed by atoms with Crippen molar-refractivity contribution >= 4 is 36.0 Å². The van der Waals surface area contributed by atoms with E-state index in [1.807, 2.05) is 41.5 Å². The van der Waals surface area contributed by atoms with E-state index in [1.165, 1.54) is 0 Å². The van der Waals surface area contributed by atoms with Gasteiger partial charge >= 0.3 is 6.09 Å². The van der Waals surface area contributed by atoms with Crippen LogP contribution < -0.4 is 10.6 Å². The first-order chi connectivity index (χ1) is 11.0. The van der Waals surface area contributed by atoms with E-state index in [0.29, 0.717) is 19.0 Å². The lowest BCUT2D eigenvalue weighted by atomic mass is 10.1. The SMILES string of the molecule is C#CCNC(=NC)NCC1C(C)OC(C)(C)N1C(=O)OC(C)(C)C.I. The Morgan fingerprint density at radius 1 is 1.40 bits per heavy atom. The maximum Gasteiger partial charge on any atom is 0.412 e. The number of nitrogens with one attached hydrogen (secondary N) is 2. The number of carbonyl (C=O) groups is 1. The van der Waals surface area contributed by atoms with Crippen molar-refractivity contribution in [3.63, 3.8) is 0 Å². The van der Waals surface area contributed by atoms with Gasteiger partial charge in [-0.3, -0.25) is 9.89 Å². The third-order valence-corrected chi connectivity index (χ3v) is 3.58. The van der Waals surface area contributed by atoms with Crippen molar-refractivity contribution in [2.75, 3.05) is 20.1 Å². The second kappa shape index (κ2) is 9.48. The molecule has 8 heteroatoms. The fourth-order valence-electron chi connectivity index (χ4n) is 2.68. The third-order valence-electron chi connectivity index (χ3n) is 3.58. The van der Waals surface area contributed by atoms with Gasteiger partial charge in [-0.2, -0.15) is 0 Å². The summed E-state index contributed by atoms with van der Waals surface area (Å²) < 4.78 is 11.5. The maximum absolute atomic E-state index is 12.6. The molecule has 1 saturated heterocycles. The van der Waals surface area contributed by atoms with Gasteiger partial charge in [0.15, 0.2) is 5.96 Å². The minimum absolute atomic E-state index is 0. The van der Waals surface area contributed by atoms with E-state index in [4.69, 9.17) is 15.9 Å². The number of amides is 1. The molecule has 2 unspecified atom stereocenters. The van der Waals surface area contributed by atoms with Crippen molar-refractivity contribution in [3.05, 3.63) is 0 Å². The van der Waals surface area contributed by atoms with Crippen LogP contribution in [0.4, 0.5) is 4.79 Å². The van der Waals surface area contributed by atoms with Crippen molar-refractivity contribution in [2.24, 2.45) is 4.99 Å². The molecule has 0 spiro atoms. The van der Waals surface area contributed by atoms with Gasteiger partial charge < -0.3 is 20.1 Å². The molecule has 1 aliphatic heterocycles. The molecule has 0 radical (unpaired) electrons. The van der Waals surface area contributed by atoms with E-state index in [0.717, 1.165) is 0 Å². The minimum Gasteiger partial charge on any atom is -0.444 e. The Hall–Kier alpha value is -1.21. The average Bonchev–Trinajstić information content (AvgIpc) is 2.66. The molecule has 1 fully saturated rings. The minimum atomic E-state index is -0.746. The van der Waals surface area contributed by atoms with Crippen molar-refractivity contribution in [3.8, 4) is 12.3 Å². The monoisotopic (exact) mass is 466 g/mol. The van der Waals surface area contributed by atoms with Crippen LogP contribution in [0.3, 0.4) is 0 Å². The zero-order valence-corrected chi connectivity index (χ0v) is 18.5. The van der Waals surface area contributed by atoms with Gasteiger partial charge in [0.2, 0.25) is 0 Å². The van der Waals surface area contributed by atoms with Crippen molar-refractivity contribution < 1.29 is 14.3 Å². The molecule has 0 saturated carbocycles. The Morgan fingerprint density at radius 3 is 2.48 bits per heavy atom. The molecule has 1 heterocycles. The average molecular weight is 466 g/mol. The number of rotatable bonds is 3. The summed E-state index contributed by atoms with van der Waals surface area (Å²) in [5.41, 5.74) is -1.31. The fraction of sp³-hybridized carbons (Fsp3) is 0.765. The van der Waals surface area contributed by atoms with Gasteiger partial charge in [-0.25, -0.2) is 4.79 Å². The van der Waals surface area contributed by atoms with E-state index < -0.39 is 17.4 Å². The molecule has 0 aromatic heterocycles. The van der Waals surface area contributed by atoms with Gasteiger partial charge in [0.05, 0.1) is 18.7 Å². The Kier molecular flexibility index (Phi) is 9.02. The molecule has 0 bridgehead atoms. The molecule has 7 nitrogen and oxygen atoms in total. The third kappa shape index (κ3) is 6.90. The van der Waals surface area contributed by atoms with Crippen LogP contribution in [0.1, 0.15) is 41.5 Å². The first-order valence-electron chi connectivity index (χ1n) is 8.10. The van der Waals surface area contributed by atoms with Crippen LogP contribution in [-0.4, -0.2) is 60.6 Å². The first kappa shape index (κ1) is 23.8. The van der Waals surface area contributed by atoms with E-state index in [-0.39, 0.29) is 36.1 Å². The predicted molar refractivity (Wildman–Crippen MR) is 110 cm³/mol. The van der Waals surface area contributed by atoms with Crippen LogP contribution in [0.15, 0.2) is 4.99 Å². The number of guanidine groups is 1. The zero-order chi connectivity index (χ0) is 18.5. The maximum atomic E-state index is 12.6. The van der Waals surface area contributed by atoms with Gasteiger partial charge in [-0.1, -0.05) is 5.92 Å². The van der Waals surface area contributed by atoms with Crippen LogP contribution in [0.25, 0.3) is 0 Å².